The van der Waals surface area contributed by atoms with Gasteiger partial charge in [-0.3, -0.25) is 4.79 Å². The average Bonchev–Trinajstić information content (AvgIpc) is 2.42. The van der Waals surface area contributed by atoms with Crippen LogP contribution < -0.4 is 11.1 Å². The van der Waals surface area contributed by atoms with Crippen LogP contribution in [0.15, 0.2) is 23.1 Å². The van der Waals surface area contributed by atoms with Crippen LogP contribution >= 0.6 is 11.6 Å². The van der Waals surface area contributed by atoms with Gasteiger partial charge in [-0.1, -0.05) is 11.6 Å². The van der Waals surface area contributed by atoms with Crippen molar-refractivity contribution in [3.05, 3.63) is 23.2 Å². The summed E-state index contributed by atoms with van der Waals surface area (Å²) in [5.41, 5.74) is 5.83. The molecule has 2 rings (SSSR count). The third kappa shape index (κ3) is 4.33. The molecular weight excluding hydrogens is 316 g/mol. The van der Waals surface area contributed by atoms with Gasteiger partial charge in [0.25, 0.3) is 0 Å². The zero-order valence-corrected chi connectivity index (χ0v) is 12.9. The molecule has 1 aromatic rings. The molecule has 3 N–H and O–H groups in total. The number of nitrogens with one attached hydrogen (secondary N) is 1. The van der Waals surface area contributed by atoms with Gasteiger partial charge in [0.05, 0.1) is 15.6 Å². The fourth-order valence-corrected chi connectivity index (χ4v) is 3.48. The van der Waals surface area contributed by atoms with Crippen molar-refractivity contribution in [2.45, 2.75) is 23.8 Å². The maximum atomic E-state index is 12.2. The largest absolute Gasteiger partial charge is 0.398 e. The molecule has 1 aliphatic heterocycles. The van der Waals surface area contributed by atoms with Crippen molar-refractivity contribution in [3.8, 4) is 0 Å². The molecule has 0 bridgehead atoms. The first-order valence-corrected chi connectivity index (χ1v) is 8.56. The second-order valence-electron chi connectivity index (χ2n) is 4.90. The Morgan fingerprint density at radius 1 is 1.38 bits per heavy atom. The van der Waals surface area contributed by atoms with E-state index in [0.717, 1.165) is 0 Å². The Labute approximate surface area is 128 Å². The molecule has 1 saturated heterocycles. The monoisotopic (exact) mass is 332 g/mol. The fraction of sp³-hybridized carbons (Fsp3) is 0.462. The number of sulfone groups is 1. The van der Waals surface area contributed by atoms with Gasteiger partial charge in [0, 0.05) is 19.3 Å². The van der Waals surface area contributed by atoms with Gasteiger partial charge in [-0.2, -0.15) is 0 Å². The lowest BCUT2D eigenvalue weighted by Gasteiger charge is -2.23. The Morgan fingerprint density at radius 2 is 2.05 bits per heavy atom. The topological polar surface area (TPSA) is 98.5 Å². The van der Waals surface area contributed by atoms with Gasteiger partial charge in [0.1, 0.15) is 5.75 Å². The first-order chi connectivity index (χ1) is 9.88. The molecule has 1 aliphatic rings. The van der Waals surface area contributed by atoms with E-state index in [1.807, 2.05) is 0 Å². The third-order valence-corrected chi connectivity index (χ3v) is 5.18. The predicted octanol–water partition coefficient (Wildman–Crippen LogP) is 0.991. The van der Waals surface area contributed by atoms with Crippen LogP contribution in [0.3, 0.4) is 0 Å². The van der Waals surface area contributed by atoms with E-state index < -0.39 is 21.5 Å². The molecule has 0 aromatic heterocycles. The zero-order valence-electron chi connectivity index (χ0n) is 11.3. The van der Waals surface area contributed by atoms with Crippen LogP contribution in [0.25, 0.3) is 0 Å². The molecule has 8 heteroatoms. The number of benzene rings is 1. The number of rotatable bonds is 4. The van der Waals surface area contributed by atoms with Gasteiger partial charge >= 0.3 is 0 Å². The van der Waals surface area contributed by atoms with Gasteiger partial charge in [-0.15, -0.1) is 0 Å². The first kappa shape index (κ1) is 16.1. The lowest BCUT2D eigenvalue weighted by atomic mass is 10.1. The van der Waals surface area contributed by atoms with Crippen molar-refractivity contribution in [1.29, 1.82) is 0 Å². The highest BCUT2D eigenvalue weighted by molar-refractivity contribution is 7.92. The Hall–Kier alpha value is -1.31. The van der Waals surface area contributed by atoms with E-state index in [9.17, 15) is 13.2 Å². The number of carbonyl (C=O) groups is 1. The van der Waals surface area contributed by atoms with E-state index in [-0.39, 0.29) is 16.0 Å². The van der Waals surface area contributed by atoms with Crippen LogP contribution in [0.2, 0.25) is 5.02 Å². The Kier molecular flexibility index (Phi) is 5.08. The maximum absolute atomic E-state index is 12.2. The predicted molar refractivity (Wildman–Crippen MR) is 79.9 cm³/mol. The second kappa shape index (κ2) is 6.64. The Balaban J connectivity index is 2.02. The summed E-state index contributed by atoms with van der Waals surface area (Å²) in [5, 5.41) is 2.87. The van der Waals surface area contributed by atoms with Gasteiger partial charge < -0.3 is 15.8 Å². The van der Waals surface area contributed by atoms with Crippen LogP contribution in [0.1, 0.15) is 12.8 Å². The average molecular weight is 333 g/mol. The molecule has 0 unspecified atom stereocenters. The lowest BCUT2D eigenvalue weighted by Crippen LogP contribution is -2.41. The Bertz CT molecular complexity index is 627. The van der Waals surface area contributed by atoms with E-state index in [0.29, 0.717) is 31.7 Å². The highest BCUT2D eigenvalue weighted by Crippen LogP contribution is 2.23. The number of nitrogen functional groups attached to an aromatic ring is 1. The summed E-state index contributed by atoms with van der Waals surface area (Å²) in [4.78, 5) is 11.9. The minimum atomic E-state index is -3.73. The lowest BCUT2D eigenvalue weighted by molar-refractivity contribution is -0.119. The molecule has 6 nitrogen and oxygen atoms in total. The number of hydrogen-bond donors (Lipinski definition) is 2. The third-order valence-electron chi connectivity index (χ3n) is 3.24. The van der Waals surface area contributed by atoms with Crippen LogP contribution in [0.5, 0.6) is 0 Å². The molecule has 21 heavy (non-hydrogen) atoms. The Morgan fingerprint density at radius 3 is 2.67 bits per heavy atom. The summed E-state index contributed by atoms with van der Waals surface area (Å²) in [7, 11) is -3.73. The highest BCUT2D eigenvalue weighted by Gasteiger charge is 2.23. The van der Waals surface area contributed by atoms with E-state index in [1.165, 1.54) is 18.2 Å². The molecule has 1 heterocycles. The smallest absolute Gasteiger partial charge is 0.235 e. The zero-order chi connectivity index (χ0) is 15.5. The maximum Gasteiger partial charge on any atom is 0.235 e. The summed E-state index contributed by atoms with van der Waals surface area (Å²) >= 11 is 5.81. The fourth-order valence-electron chi connectivity index (χ4n) is 2.07. The number of carbonyl (C=O) groups excluding carboxylic acids is 1. The number of hydrogen-bond acceptors (Lipinski definition) is 5. The van der Waals surface area contributed by atoms with Crippen LogP contribution in [-0.2, 0) is 19.4 Å². The summed E-state index contributed by atoms with van der Waals surface area (Å²) in [6.07, 6.45) is 1.39. The summed E-state index contributed by atoms with van der Waals surface area (Å²) in [6, 6.07) is 3.98. The van der Waals surface area contributed by atoms with Crippen molar-refractivity contribution < 1.29 is 17.9 Å². The molecular formula is C13H17ClN2O4S. The highest BCUT2D eigenvalue weighted by atomic mass is 35.5. The van der Waals surface area contributed by atoms with Gasteiger partial charge in [0.15, 0.2) is 9.84 Å². The van der Waals surface area contributed by atoms with E-state index in [2.05, 4.69) is 5.32 Å². The number of nitrogens with two attached hydrogens (primary N) is 1. The SMILES string of the molecule is Nc1ccc(S(=O)(=O)CC(=O)NC2CCOCC2)cc1Cl. The number of amides is 1. The molecule has 0 aliphatic carbocycles. The van der Waals surface area contributed by atoms with E-state index in [4.69, 9.17) is 22.1 Å². The minimum absolute atomic E-state index is 0.0103. The van der Waals surface area contributed by atoms with Gasteiger partial charge in [-0.05, 0) is 31.0 Å². The first-order valence-electron chi connectivity index (χ1n) is 6.53. The number of ether oxygens (including phenoxy) is 1. The van der Waals surface area contributed by atoms with Crippen LogP contribution in [0.4, 0.5) is 5.69 Å². The van der Waals surface area contributed by atoms with Gasteiger partial charge in [0.2, 0.25) is 5.91 Å². The van der Waals surface area contributed by atoms with Crippen LogP contribution in [0, 0.1) is 0 Å². The summed E-state index contributed by atoms with van der Waals surface area (Å²) in [6.45, 7) is 1.15. The van der Waals surface area contributed by atoms with Crippen molar-refractivity contribution in [1.82, 2.24) is 5.32 Å². The van der Waals surface area contributed by atoms with Crippen LogP contribution in [-0.4, -0.2) is 39.3 Å². The molecule has 1 amide bonds. The van der Waals surface area contributed by atoms with Gasteiger partial charge in [-0.25, -0.2) is 8.42 Å². The summed E-state index contributed by atoms with van der Waals surface area (Å²) in [5.74, 6) is -1.13. The van der Waals surface area contributed by atoms with Crippen molar-refractivity contribution in [2.24, 2.45) is 0 Å². The van der Waals surface area contributed by atoms with Crippen molar-refractivity contribution >= 4 is 33.0 Å². The quantitative estimate of drug-likeness (QED) is 0.801. The molecule has 116 valence electrons. The van der Waals surface area contributed by atoms with E-state index in [1.54, 1.807) is 0 Å². The molecule has 0 spiro atoms. The normalized spacial score (nSPS) is 16.6. The van der Waals surface area contributed by atoms with E-state index >= 15 is 0 Å². The summed E-state index contributed by atoms with van der Waals surface area (Å²) < 4.78 is 29.5. The number of halogens is 1. The van der Waals surface area contributed by atoms with Crippen molar-refractivity contribution in [2.75, 3.05) is 24.7 Å². The standard InChI is InChI=1S/C13H17ClN2O4S/c14-11-7-10(1-2-12(11)15)21(18,19)8-13(17)16-9-3-5-20-6-4-9/h1-2,7,9H,3-6,8,15H2,(H,16,17). The molecule has 1 fully saturated rings. The molecule has 0 radical (unpaired) electrons. The molecule has 1 aromatic carbocycles. The molecule has 0 atom stereocenters. The number of anilines is 1. The second-order valence-corrected chi connectivity index (χ2v) is 7.29. The minimum Gasteiger partial charge on any atom is -0.398 e. The van der Waals surface area contributed by atoms with Crippen molar-refractivity contribution in [3.63, 3.8) is 0 Å². The molecule has 0 saturated carbocycles.